The van der Waals surface area contributed by atoms with Gasteiger partial charge in [0, 0.05) is 19.3 Å². The Kier molecular flexibility index (Phi) is 3.68. The molecule has 1 atom stereocenters. The fourth-order valence-electron chi connectivity index (χ4n) is 1.51. The van der Waals surface area contributed by atoms with Crippen LogP contribution in [0.25, 0.3) is 0 Å². The van der Waals surface area contributed by atoms with Crippen molar-refractivity contribution < 1.29 is 4.79 Å². The van der Waals surface area contributed by atoms with Crippen LogP contribution in [0.2, 0.25) is 0 Å². The molecule has 0 saturated carbocycles. The summed E-state index contributed by atoms with van der Waals surface area (Å²) in [6, 6.07) is -0.250. The van der Waals surface area contributed by atoms with E-state index in [2.05, 4.69) is 25.5 Å². The van der Waals surface area contributed by atoms with Crippen LogP contribution >= 0.6 is 0 Å². The van der Waals surface area contributed by atoms with Gasteiger partial charge in [0.25, 0.3) is 5.91 Å². The lowest BCUT2D eigenvalue weighted by atomic mass is 10.3. The number of amides is 1. The summed E-state index contributed by atoms with van der Waals surface area (Å²) in [4.78, 5) is 19.9. The molecule has 8 heteroatoms. The number of H-pyrrole nitrogens is 1. The van der Waals surface area contributed by atoms with Crippen LogP contribution in [0.3, 0.4) is 0 Å². The van der Waals surface area contributed by atoms with Crippen LogP contribution in [0.15, 0.2) is 18.9 Å². The van der Waals surface area contributed by atoms with E-state index in [1.807, 2.05) is 6.92 Å². The molecule has 0 saturated heterocycles. The molecule has 1 amide bonds. The molecule has 4 N–H and O–H groups in total. The van der Waals surface area contributed by atoms with E-state index in [0.29, 0.717) is 24.6 Å². The smallest absolute Gasteiger partial charge is 0.272 e. The second-order valence-electron chi connectivity index (χ2n) is 3.85. The molecule has 1 unspecified atom stereocenters. The number of hydrogen-bond acceptors (Lipinski definition) is 5. The summed E-state index contributed by atoms with van der Waals surface area (Å²) in [5.74, 6) is 0.347. The van der Waals surface area contributed by atoms with Crippen LogP contribution in [-0.4, -0.2) is 37.2 Å². The average Bonchev–Trinajstić information content (AvgIpc) is 3.00. The Morgan fingerprint density at radius 1 is 1.61 bits per heavy atom. The van der Waals surface area contributed by atoms with Crippen LogP contribution in [0.5, 0.6) is 0 Å². The molecular weight excluding hydrogens is 234 g/mol. The Balaban J connectivity index is 1.98. The molecule has 0 spiro atoms. The first kappa shape index (κ1) is 12.2. The van der Waals surface area contributed by atoms with Gasteiger partial charge in [-0.25, -0.2) is 9.97 Å². The van der Waals surface area contributed by atoms with Crippen molar-refractivity contribution in [2.45, 2.75) is 19.5 Å². The predicted octanol–water partition coefficient (Wildman–Crippen LogP) is -0.549. The number of carbonyl (C=O) groups is 1. The number of imidazole rings is 1. The molecule has 0 aliphatic rings. The molecule has 0 fully saturated rings. The zero-order valence-electron chi connectivity index (χ0n) is 10.00. The highest BCUT2D eigenvalue weighted by Gasteiger charge is 2.15. The maximum Gasteiger partial charge on any atom is 0.272 e. The number of aromatic amines is 1. The molecule has 2 rings (SSSR count). The van der Waals surface area contributed by atoms with E-state index >= 15 is 0 Å². The Morgan fingerprint density at radius 2 is 2.44 bits per heavy atom. The zero-order chi connectivity index (χ0) is 13.0. The fraction of sp³-hybridized carbons (Fsp3) is 0.400. The Hall–Kier alpha value is -2.22. The van der Waals surface area contributed by atoms with E-state index in [4.69, 9.17) is 5.73 Å². The molecule has 18 heavy (non-hydrogen) atoms. The Bertz CT molecular complexity index is 504. The molecule has 0 radical (unpaired) electrons. The van der Waals surface area contributed by atoms with Crippen molar-refractivity contribution in [1.82, 2.24) is 30.0 Å². The first-order valence-electron chi connectivity index (χ1n) is 5.58. The van der Waals surface area contributed by atoms with Gasteiger partial charge in [0.1, 0.15) is 17.8 Å². The second kappa shape index (κ2) is 5.41. The van der Waals surface area contributed by atoms with Gasteiger partial charge in [0.05, 0.1) is 12.4 Å². The van der Waals surface area contributed by atoms with Gasteiger partial charge in [-0.2, -0.15) is 5.10 Å². The maximum absolute atomic E-state index is 11.9. The molecule has 0 aromatic carbocycles. The topological polar surface area (TPSA) is 115 Å². The third kappa shape index (κ3) is 2.72. The molecule has 8 nitrogen and oxygen atoms in total. The van der Waals surface area contributed by atoms with Crippen LogP contribution < -0.4 is 11.1 Å². The number of carbonyl (C=O) groups excluding carboxylic acids is 1. The van der Waals surface area contributed by atoms with E-state index in [-0.39, 0.29) is 11.9 Å². The third-order valence-corrected chi connectivity index (χ3v) is 2.44. The van der Waals surface area contributed by atoms with E-state index in [1.54, 1.807) is 17.1 Å². The first-order valence-corrected chi connectivity index (χ1v) is 5.58. The zero-order valence-corrected chi connectivity index (χ0v) is 10.00. The quantitative estimate of drug-likeness (QED) is 0.657. The Labute approximate surface area is 104 Å². The summed E-state index contributed by atoms with van der Waals surface area (Å²) in [7, 11) is 0. The summed E-state index contributed by atoms with van der Waals surface area (Å²) < 4.78 is 1.77. The van der Waals surface area contributed by atoms with E-state index < -0.39 is 0 Å². The summed E-state index contributed by atoms with van der Waals surface area (Å²) >= 11 is 0. The lowest BCUT2D eigenvalue weighted by Gasteiger charge is -2.09. The largest absolute Gasteiger partial charge is 0.341 e. The highest BCUT2D eigenvalue weighted by atomic mass is 16.2. The van der Waals surface area contributed by atoms with Crippen molar-refractivity contribution in [1.29, 1.82) is 0 Å². The fourth-order valence-corrected chi connectivity index (χ4v) is 1.51. The van der Waals surface area contributed by atoms with Crippen LogP contribution in [0.4, 0.5) is 0 Å². The van der Waals surface area contributed by atoms with Crippen LogP contribution in [-0.2, 0) is 6.54 Å². The van der Waals surface area contributed by atoms with Crippen molar-refractivity contribution in [3.8, 4) is 0 Å². The van der Waals surface area contributed by atoms with Gasteiger partial charge in [0.15, 0.2) is 0 Å². The third-order valence-electron chi connectivity index (χ3n) is 2.44. The highest BCUT2D eigenvalue weighted by Crippen LogP contribution is 2.06. The predicted molar refractivity (Wildman–Crippen MR) is 63.5 cm³/mol. The second-order valence-corrected chi connectivity index (χ2v) is 3.85. The molecule has 0 aliphatic heterocycles. The van der Waals surface area contributed by atoms with Crippen LogP contribution in [0, 0.1) is 0 Å². The minimum Gasteiger partial charge on any atom is -0.341 e. The number of aromatic nitrogens is 5. The van der Waals surface area contributed by atoms with Gasteiger partial charge >= 0.3 is 0 Å². The number of rotatable bonds is 5. The number of hydrogen-bond donors (Lipinski definition) is 3. The number of nitrogens with one attached hydrogen (secondary N) is 2. The molecule has 2 aromatic heterocycles. The number of nitrogens with two attached hydrogens (primary N) is 1. The SMILES string of the molecule is CC(NC(=O)c1cn(CCN)cn1)c1ncn[nH]1. The molecule has 96 valence electrons. The minimum atomic E-state index is -0.255. The molecule has 2 heterocycles. The highest BCUT2D eigenvalue weighted by molar-refractivity contribution is 5.92. The lowest BCUT2D eigenvalue weighted by Crippen LogP contribution is -2.27. The van der Waals surface area contributed by atoms with Crippen molar-refractivity contribution in [2.24, 2.45) is 5.73 Å². The lowest BCUT2D eigenvalue weighted by molar-refractivity contribution is 0.0933. The van der Waals surface area contributed by atoms with Gasteiger partial charge in [-0.1, -0.05) is 0 Å². The van der Waals surface area contributed by atoms with Crippen molar-refractivity contribution in [3.63, 3.8) is 0 Å². The summed E-state index contributed by atoms with van der Waals surface area (Å²) in [5, 5.41) is 9.21. The van der Waals surface area contributed by atoms with Gasteiger partial charge in [-0.15, -0.1) is 0 Å². The van der Waals surface area contributed by atoms with Gasteiger partial charge < -0.3 is 15.6 Å². The summed E-state index contributed by atoms with van der Waals surface area (Å²) in [6.45, 7) is 2.96. The summed E-state index contributed by atoms with van der Waals surface area (Å²) in [6.07, 6.45) is 4.64. The molecular formula is C10H15N7O. The normalized spacial score (nSPS) is 12.3. The number of nitrogens with zero attached hydrogens (tertiary/aromatic N) is 4. The average molecular weight is 249 g/mol. The Morgan fingerprint density at radius 3 is 3.11 bits per heavy atom. The van der Waals surface area contributed by atoms with Crippen LogP contribution in [0.1, 0.15) is 29.3 Å². The van der Waals surface area contributed by atoms with E-state index in [9.17, 15) is 4.79 Å². The van der Waals surface area contributed by atoms with Gasteiger partial charge in [-0.3, -0.25) is 9.89 Å². The van der Waals surface area contributed by atoms with Gasteiger partial charge in [0.2, 0.25) is 0 Å². The van der Waals surface area contributed by atoms with Crippen molar-refractivity contribution >= 4 is 5.91 Å². The summed E-state index contributed by atoms with van der Waals surface area (Å²) in [5.41, 5.74) is 5.78. The molecule has 0 aliphatic carbocycles. The molecule has 0 bridgehead atoms. The standard InChI is InChI=1S/C10H15N7O/c1-7(9-12-5-14-16-9)15-10(18)8-4-17(3-2-11)6-13-8/h4-7H,2-3,11H2,1H3,(H,15,18)(H,12,14,16). The van der Waals surface area contributed by atoms with E-state index in [1.165, 1.54) is 6.33 Å². The van der Waals surface area contributed by atoms with Gasteiger partial charge in [-0.05, 0) is 6.92 Å². The minimum absolute atomic E-state index is 0.250. The molecule has 2 aromatic rings. The maximum atomic E-state index is 11.9. The first-order chi connectivity index (χ1) is 8.70. The van der Waals surface area contributed by atoms with Crippen molar-refractivity contribution in [3.05, 3.63) is 30.4 Å². The van der Waals surface area contributed by atoms with E-state index in [0.717, 1.165) is 0 Å². The van der Waals surface area contributed by atoms with Crippen molar-refractivity contribution in [2.75, 3.05) is 6.54 Å². The monoisotopic (exact) mass is 249 g/mol.